The fourth-order valence-corrected chi connectivity index (χ4v) is 1.56. The number of allylic oxidation sites excluding steroid dienone is 2. The highest BCUT2D eigenvalue weighted by Gasteiger charge is 2.15. The highest BCUT2D eigenvalue weighted by molar-refractivity contribution is 5.76. The Morgan fingerprint density at radius 1 is 1.67 bits per heavy atom. The van der Waals surface area contributed by atoms with E-state index in [2.05, 4.69) is 31.2 Å². The lowest BCUT2D eigenvalue weighted by Crippen LogP contribution is -1.94. The minimum absolute atomic E-state index is 0.559. The topological polar surface area (TPSA) is 41.6 Å². The van der Waals surface area contributed by atoms with Crippen LogP contribution in [0.1, 0.15) is 30.3 Å². The summed E-state index contributed by atoms with van der Waals surface area (Å²) in [5, 5.41) is 13.4. The lowest BCUT2D eigenvalue weighted by molar-refractivity contribution is 0.725. The highest BCUT2D eigenvalue weighted by atomic mass is 15.3. The molecule has 3 heteroatoms. The van der Waals surface area contributed by atoms with E-state index in [4.69, 9.17) is 5.26 Å². The van der Waals surface area contributed by atoms with Crippen molar-refractivity contribution in [3.05, 3.63) is 36.2 Å². The molecule has 0 aromatic carbocycles. The summed E-state index contributed by atoms with van der Waals surface area (Å²) < 4.78 is 1.61. The largest absolute Gasteiger partial charge is 0.257 e. The van der Waals surface area contributed by atoms with Crippen molar-refractivity contribution >= 4 is 5.57 Å². The third-order valence-electron chi connectivity index (χ3n) is 2.28. The van der Waals surface area contributed by atoms with Crippen molar-refractivity contribution in [2.45, 2.75) is 19.8 Å². The van der Waals surface area contributed by atoms with Gasteiger partial charge >= 0.3 is 0 Å². The molecule has 1 rings (SSSR count). The van der Waals surface area contributed by atoms with E-state index in [1.807, 2.05) is 0 Å². The molecule has 0 fully saturated rings. The van der Waals surface area contributed by atoms with Gasteiger partial charge in [0.05, 0.1) is 5.69 Å². The maximum absolute atomic E-state index is 9.04. The molecule has 0 saturated heterocycles. The van der Waals surface area contributed by atoms with Gasteiger partial charge in [-0.05, 0) is 12.0 Å². The van der Waals surface area contributed by atoms with Gasteiger partial charge in [0.1, 0.15) is 11.8 Å². The Hall–Kier alpha value is -1.82. The number of aromatic nitrogens is 2. The predicted molar refractivity (Wildman–Crippen MR) is 61.1 cm³/mol. The summed E-state index contributed by atoms with van der Waals surface area (Å²) in [5.41, 5.74) is 3.10. The van der Waals surface area contributed by atoms with Crippen LogP contribution in [0.25, 0.3) is 5.57 Å². The smallest absolute Gasteiger partial charge is 0.146 e. The molecule has 0 N–H and O–H groups in total. The van der Waals surface area contributed by atoms with E-state index in [1.54, 1.807) is 17.8 Å². The summed E-state index contributed by atoms with van der Waals surface area (Å²) in [4.78, 5) is 0. The molecule has 0 spiro atoms. The number of hydrogen-bond acceptors (Lipinski definition) is 2. The monoisotopic (exact) mass is 201 g/mol. The number of hydrogen-bond donors (Lipinski definition) is 0. The normalized spacial score (nSPS) is 9.67. The maximum atomic E-state index is 9.04. The zero-order valence-corrected chi connectivity index (χ0v) is 9.25. The van der Waals surface area contributed by atoms with Gasteiger partial charge in [0.2, 0.25) is 0 Å². The van der Waals surface area contributed by atoms with Gasteiger partial charge in [-0.2, -0.15) is 10.4 Å². The van der Waals surface area contributed by atoms with E-state index in [1.165, 1.54) is 0 Å². The summed E-state index contributed by atoms with van der Waals surface area (Å²) in [6.07, 6.45) is 3.52. The number of nitrogens with zero attached hydrogens (tertiary/aromatic N) is 3. The van der Waals surface area contributed by atoms with Crippen LogP contribution >= 0.6 is 0 Å². The van der Waals surface area contributed by atoms with Crippen LogP contribution in [0.15, 0.2) is 19.2 Å². The van der Waals surface area contributed by atoms with E-state index >= 15 is 0 Å². The predicted octanol–water partition coefficient (Wildman–Crippen LogP) is 2.44. The molecule has 78 valence electrons. The van der Waals surface area contributed by atoms with Crippen molar-refractivity contribution in [3.8, 4) is 6.07 Å². The third-order valence-corrected chi connectivity index (χ3v) is 2.28. The number of rotatable bonds is 4. The van der Waals surface area contributed by atoms with Gasteiger partial charge in [-0.1, -0.05) is 32.6 Å². The summed E-state index contributed by atoms with van der Waals surface area (Å²) in [7, 11) is 1.78. The van der Waals surface area contributed by atoms with Gasteiger partial charge in [0.25, 0.3) is 0 Å². The Bertz CT molecular complexity index is 432. The van der Waals surface area contributed by atoms with Crippen LogP contribution in [-0.2, 0) is 13.5 Å². The Morgan fingerprint density at radius 2 is 2.33 bits per heavy atom. The minimum atomic E-state index is 0.559. The van der Waals surface area contributed by atoms with Gasteiger partial charge in [0, 0.05) is 12.6 Å². The molecule has 0 aliphatic rings. The molecule has 0 bridgehead atoms. The molecule has 0 aliphatic carbocycles. The Morgan fingerprint density at radius 3 is 2.80 bits per heavy atom. The van der Waals surface area contributed by atoms with E-state index in [0.29, 0.717) is 5.69 Å². The first-order chi connectivity index (χ1) is 7.15. The van der Waals surface area contributed by atoms with E-state index in [0.717, 1.165) is 29.7 Å². The SMILES string of the molecule is C=CC(=C)c1c(CCC)nn(C)c1C#N. The number of aryl methyl sites for hydroxylation is 2. The summed E-state index contributed by atoms with van der Waals surface area (Å²) in [5.74, 6) is 0. The molecule has 0 unspecified atom stereocenters. The van der Waals surface area contributed by atoms with E-state index in [9.17, 15) is 0 Å². The maximum Gasteiger partial charge on any atom is 0.146 e. The van der Waals surface area contributed by atoms with Crippen molar-refractivity contribution in [2.24, 2.45) is 7.05 Å². The second kappa shape index (κ2) is 4.61. The van der Waals surface area contributed by atoms with Crippen LogP contribution in [0.3, 0.4) is 0 Å². The average Bonchev–Trinajstić information content (AvgIpc) is 2.54. The molecular formula is C12H15N3. The summed E-state index contributed by atoms with van der Waals surface area (Å²) >= 11 is 0. The highest BCUT2D eigenvalue weighted by Crippen LogP contribution is 2.23. The molecule has 3 nitrogen and oxygen atoms in total. The van der Waals surface area contributed by atoms with E-state index < -0.39 is 0 Å². The van der Waals surface area contributed by atoms with Crippen LogP contribution in [0.2, 0.25) is 0 Å². The Labute approximate surface area is 90.3 Å². The van der Waals surface area contributed by atoms with Gasteiger partial charge in [-0.25, -0.2) is 0 Å². The Kier molecular flexibility index (Phi) is 3.46. The zero-order chi connectivity index (χ0) is 11.4. The molecule has 0 aliphatic heterocycles. The Balaban J connectivity index is 3.36. The molecule has 1 heterocycles. The molecule has 1 aromatic rings. The zero-order valence-electron chi connectivity index (χ0n) is 9.25. The van der Waals surface area contributed by atoms with Crippen molar-refractivity contribution in [2.75, 3.05) is 0 Å². The van der Waals surface area contributed by atoms with Crippen LogP contribution in [-0.4, -0.2) is 9.78 Å². The van der Waals surface area contributed by atoms with Crippen molar-refractivity contribution in [1.82, 2.24) is 9.78 Å². The molecule has 0 radical (unpaired) electrons. The van der Waals surface area contributed by atoms with Gasteiger partial charge < -0.3 is 0 Å². The van der Waals surface area contributed by atoms with Crippen LogP contribution in [0.5, 0.6) is 0 Å². The standard InChI is InChI=1S/C12H15N3/c1-5-7-10-12(9(3)6-2)11(8-13)15(4)14-10/h6H,2-3,5,7H2,1,4H3. The first-order valence-electron chi connectivity index (χ1n) is 4.93. The average molecular weight is 201 g/mol. The van der Waals surface area contributed by atoms with Gasteiger partial charge in [-0.15, -0.1) is 0 Å². The lowest BCUT2D eigenvalue weighted by Gasteiger charge is -2.00. The van der Waals surface area contributed by atoms with Gasteiger partial charge in [0.15, 0.2) is 0 Å². The second-order valence-corrected chi connectivity index (χ2v) is 3.39. The first kappa shape index (κ1) is 11.3. The lowest BCUT2D eigenvalue weighted by atomic mass is 10.0. The molecule has 1 aromatic heterocycles. The van der Waals surface area contributed by atoms with Crippen LogP contribution in [0.4, 0.5) is 0 Å². The number of nitriles is 1. The van der Waals surface area contributed by atoms with Crippen molar-refractivity contribution in [3.63, 3.8) is 0 Å². The van der Waals surface area contributed by atoms with E-state index in [-0.39, 0.29) is 0 Å². The van der Waals surface area contributed by atoms with Crippen molar-refractivity contribution in [1.29, 1.82) is 5.26 Å². The molecule has 0 saturated carbocycles. The van der Waals surface area contributed by atoms with Crippen LogP contribution < -0.4 is 0 Å². The molecule has 0 amide bonds. The van der Waals surface area contributed by atoms with Crippen molar-refractivity contribution < 1.29 is 0 Å². The summed E-state index contributed by atoms with van der Waals surface area (Å²) in [6.45, 7) is 9.65. The third kappa shape index (κ3) is 1.99. The molecular weight excluding hydrogens is 186 g/mol. The fraction of sp³-hybridized carbons (Fsp3) is 0.333. The van der Waals surface area contributed by atoms with Crippen LogP contribution in [0, 0.1) is 11.3 Å². The summed E-state index contributed by atoms with van der Waals surface area (Å²) in [6, 6.07) is 2.15. The quantitative estimate of drug-likeness (QED) is 0.702. The minimum Gasteiger partial charge on any atom is -0.257 e. The van der Waals surface area contributed by atoms with Gasteiger partial charge in [-0.3, -0.25) is 4.68 Å². The molecule has 15 heavy (non-hydrogen) atoms. The fourth-order valence-electron chi connectivity index (χ4n) is 1.56. The first-order valence-corrected chi connectivity index (χ1v) is 4.93. The molecule has 0 atom stereocenters. The second-order valence-electron chi connectivity index (χ2n) is 3.39.